The van der Waals surface area contributed by atoms with Crippen molar-refractivity contribution in [1.29, 1.82) is 0 Å². The van der Waals surface area contributed by atoms with Crippen LogP contribution in [0, 0.1) is 5.82 Å². The zero-order chi connectivity index (χ0) is 15.5. The molecule has 1 fully saturated rings. The largest absolute Gasteiger partial charge is 0.344 e. The van der Waals surface area contributed by atoms with Gasteiger partial charge in [-0.3, -0.25) is 4.90 Å². The van der Waals surface area contributed by atoms with E-state index in [9.17, 15) is 4.39 Å². The number of hydrogen-bond donors (Lipinski definition) is 0. The number of anilines is 1. The van der Waals surface area contributed by atoms with Crippen molar-refractivity contribution in [3.8, 4) is 0 Å². The molecule has 1 heterocycles. The molecule has 0 aliphatic heterocycles. The summed E-state index contributed by atoms with van der Waals surface area (Å²) in [5.74, 6) is 1.05. The third kappa shape index (κ3) is 3.82. The van der Waals surface area contributed by atoms with Crippen LogP contribution in [0.5, 0.6) is 0 Å². The van der Waals surface area contributed by atoms with Crippen molar-refractivity contribution in [1.82, 2.24) is 15.0 Å². The Morgan fingerprint density at radius 2 is 2.14 bits per heavy atom. The van der Waals surface area contributed by atoms with Crippen molar-refractivity contribution >= 4 is 5.95 Å². The van der Waals surface area contributed by atoms with Gasteiger partial charge in [0.05, 0.1) is 6.54 Å². The SMILES string of the molecule is CN(C)c1noc(CN(CCc2cccc(F)c2)C2CC2)n1. The van der Waals surface area contributed by atoms with Crippen molar-refractivity contribution in [2.24, 2.45) is 0 Å². The second kappa shape index (κ2) is 6.44. The van der Waals surface area contributed by atoms with Gasteiger partial charge in [0.25, 0.3) is 5.95 Å². The van der Waals surface area contributed by atoms with E-state index in [1.165, 1.54) is 18.9 Å². The average Bonchev–Trinajstić information content (AvgIpc) is 3.22. The minimum atomic E-state index is -0.178. The van der Waals surface area contributed by atoms with Crippen molar-refractivity contribution in [3.63, 3.8) is 0 Å². The first-order valence-corrected chi connectivity index (χ1v) is 7.60. The Balaban J connectivity index is 1.60. The van der Waals surface area contributed by atoms with E-state index in [0.717, 1.165) is 18.5 Å². The lowest BCUT2D eigenvalue weighted by molar-refractivity contribution is 0.219. The van der Waals surface area contributed by atoms with Gasteiger partial charge in [-0.05, 0) is 42.1 Å². The lowest BCUT2D eigenvalue weighted by Gasteiger charge is -2.19. The molecule has 118 valence electrons. The van der Waals surface area contributed by atoms with Crippen LogP contribution in [0.4, 0.5) is 10.3 Å². The zero-order valence-electron chi connectivity index (χ0n) is 13.0. The molecule has 0 amide bonds. The number of hydrogen-bond acceptors (Lipinski definition) is 5. The van der Waals surface area contributed by atoms with E-state index in [1.54, 1.807) is 12.1 Å². The predicted molar refractivity (Wildman–Crippen MR) is 82.2 cm³/mol. The quantitative estimate of drug-likeness (QED) is 0.786. The van der Waals surface area contributed by atoms with Crippen LogP contribution in [0.25, 0.3) is 0 Å². The second-order valence-corrected chi connectivity index (χ2v) is 5.96. The Kier molecular flexibility index (Phi) is 4.38. The topological polar surface area (TPSA) is 45.4 Å². The van der Waals surface area contributed by atoms with Gasteiger partial charge in [-0.25, -0.2) is 4.39 Å². The van der Waals surface area contributed by atoms with Gasteiger partial charge in [-0.15, -0.1) is 0 Å². The zero-order valence-corrected chi connectivity index (χ0v) is 13.0. The van der Waals surface area contributed by atoms with E-state index in [0.29, 0.717) is 24.4 Å². The molecule has 22 heavy (non-hydrogen) atoms. The van der Waals surface area contributed by atoms with Gasteiger partial charge in [0.15, 0.2) is 0 Å². The summed E-state index contributed by atoms with van der Waals surface area (Å²) in [7, 11) is 3.77. The van der Waals surface area contributed by atoms with Gasteiger partial charge in [0.1, 0.15) is 5.82 Å². The van der Waals surface area contributed by atoms with E-state index in [2.05, 4.69) is 15.0 Å². The smallest absolute Gasteiger partial charge is 0.265 e. The summed E-state index contributed by atoms with van der Waals surface area (Å²) in [5.41, 5.74) is 1.02. The predicted octanol–water partition coefficient (Wildman–Crippen LogP) is 2.48. The van der Waals surface area contributed by atoms with Crippen LogP contribution < -0.4 is 4.90 Å². The third-order valence-corrected chi connectivity index (χ3v) is 3.84. The van der Waals surface area contributed by atoms with Gasteiger partial charge < -0.3 is 9.42 Å². The molecule has 0 unspecified atom stereocenters. The van der Waals surface area contributed by atoms with Gasteiger partial charge in [-0.1, -0.05) is 12.1 Å². The maximum Gasteiger partial charge on any atom is 0.265 e. The van der Waals surface area contributed by atoms with E-state index >= 15 is 0 Å². The number of nitrogens with zero attached hydrogens (tertiary/aromatic N) is 4. The maximum absolute atomic E-state index is 13.2. The molecule has 0 saturated heterocycles. The van der Waals surface area contributed by atoms with Crippen molar-refractivity contribution in [3.05, 3.63) is 41.5 Å². The maximum atomic E-state index is 13.2. The molecule has 0 spiro atoms. The van der Waals surface area contributed by atoms with Gasteiger partial charge in [-0.2, -0.15) is 4.98 Å². The Hall–Kier alpha value is -1.95. The summed E-state index contributed by atoms with van der Waals surface area (Å²) >= 11 is 0. The number of aromatic nitrogens is 2. The monoisotopic (exact) mass is 304 g/mol. The fraction of sp³-hybridized carbons (Fsp3) is 0.500. The number of halogens is 1. The molecule has 0 N–H and O–H groups in total. The average molecular weight is 304 g/mol. The Bertz CT molecular complexity index is 624. The van der Waals surface area contributed by atoms with Gasteiger partial charge in [0.2, 0.25) is 5.89 Å². The molecular weight excluding hydrogens is 283 g/mol. The van der Waals surface area contributed by atoms with Crippen molar-refractivity contribution < 1.29 is 8.91 Å². The first kappa shape index (κ1) is 15.0. The molecule has 1 aliphatic rings. The lowest BCUT2D eigenvalue weighted by Crippen LogP contribution is -2.28. The lowest BCUT2D eigenvalue weighted by atomic mass is 10.1. The molecule has 3 rings (SSSR count). The summed E-state index contributed by atoms with van der Waals surface area (Å²) in [6.07, 6.45) is 3.23. The van der Waals surface area contributed by atoms with Crippen LogP contribution >= 0.6 is 0 Å². The van der Waals surface area contributed by atoms with Crippen LogP contribution in [0.3, 0.4) is 0 Å². The fourth-order valence-corrected chi connectivity index (χ4v) is 2.46. The van der Waals surface area contributed by atoms with Gasteiger partial charge >= 0.3 is 0 Å². The van der Waals surface area contributed by atoms with E-state index in [-0.39, 0.29) is 5.82 Å². The Labute approximate surface area is 129 Å². The van der Waals surface area contributed by atoms with Crippen molar-refractivity contribution in [2.45, 2.75) is 31.8 Å². The van der Waals surface area contributed by atoms with E-state index < -0.39 is 0 Å². The highest BCUT2D eigenvalue weighted by atomic mass is 19.1. The molecule has 2 aromatic rings. The molecule has 0 radical (unpaired) electrons. The highest BCUT2D eigenvalue weighted by Crippen LogP contribution is 2.28. The molecule has 5 nitrogen and oxygen atoms in total. The Morgan fingerprint density at radius 1 is 1.32 bits per heavy atom. The normalized spacial score (nSPS) is 14.5. The highest BCUT2D eigenvalue weighted by molar-refractivity contribution is 5.23. The summed E-state index contributed by atoms with van der Waals surface area (Å²) in [6, 6.07) is 7.38. The third-order valence-electron chi connectivity index (χ3n) is 3.84. The van der Waals surface area contributed by atoms with Crippen LogP contribution in [0.2, 0.25) is 0 Å². The summed E-state index contributed by atoms with van der Waals surface area (Å²) < 4.78 is 18.5. The molecular formula is C16H21FN4O. The van der Waals surface area contributed by atoms with Crippen LogP contribution in [0.15, 0.2) is 28.8 Å². The molecule has 0 atom stereocenters. The summed E-state index contributed by atoms with van der Waals surface area (Å²) in [4.78, 5) is 8.54. The molecule has 0 bridgehead atoms. The minimum Gasteiger partial charge on any atom is -0.344 e. The van der Waals surface area contributed by atoms with Crippen molar-refractivity contribution in [2.75, 3.05) is 25.5 Å². The second-order valence-electron chi connectivity index (χ2n) is 5.96. The van der Waals surface area contributed by atoms with E-state index in [4.69, 9.17) is 4.52 Å². The van der Waals surface area contributed by atoms with Crippen LogP contribution in [-0.4, -0.2) is 41.7 Å². The first-order chi connectivity index (χ1) is 10.6. The van der Waals surface area contributed by atoms with E-state index in [1.807, 2.05) is 25.1 Å². The molecule has 1 saturated carbocycles. The fourth-order valence-electron chi connectivity index (χ4n) is 2.46. The first-order valence-electron chi connectivity index (χ1n) is 7.60. The van der Waals surface area contributed by atoms with Crippen LogP contribution in [-0.2, 0) is 13.0 Å². The minimum absolute atomic E-state index is 0.178. The number of rotatable bonds is 7. The number of benzene rings is 1. The molecule has 1 aromatic carbocycles. The summed E-state index contributed by atoms with van der Waals surface area (Å²) in [5, 5.41) is 3.94. The van der Waals surface area contributed by atoms with Crippen LogP contribution in [0.1, 0.15) is 24.3 Å². The van der Waals surface area contributed by atoms with Gasteiger partial charge in [0, 0.05) is 26.7 Å². The standard InChI is InChI=1S/C16H21FN4O/c1-20(2)16-18-15(22-19-16)11-21(14-6-7-14)9-8-12-4-3-5-13(17)10-12/h3-5,10,14H,6-9,11H2,1-2H3. The highest BCUT2D eigenvalue weighted by Gasteiger charge is 2.30. The molecule has 1 aromatic heterocycles. The summed E-state index contributed by atoms with van der Waals surface area (Å²) in [6.45, 7) is 1.52. The molecule has 1 aliphatic carbocycles. The molecule has 6 heteroatoms. The Morgan fingerprint density at radius 3 is 2.77 bits per heavy atom.